The Balaban J connectivity index is 2.06. The van der Waals surface area contributed by atoms with Crippen LogP contribution in [0.3, 0.4) is 0 Å². The Morgan fingerprint density at radius 3 is 2.63 bits per heavy atom. The van der Waals surface area contributed by atoms with Gasteiger partial charge in [0.1, 0.15) is 0 Å². The molecule has 0 amide bonds. The Morgan fingerprint density at radius 2 is 1.95 bits per heavy atom. The normalized spacial score (nSPS) is 23.0. The van der Waals surface area contributed by atoms with Crippen molar-refractivity contribution < 1.29 is 9.90 Å². The summed E-state index contributed by atoms with van der Waals surface area (Å²) in [6.45, 7) is 2.24. The largest absolute Gasteiger partial charge is 0.478 e. The highest BCUT2D eigenvalue weighted by molar-refractivity contribution is 5.87. The molecule has 1 N–H and O–H groups in total. The van der Waals surface area contributed by atoms with E-state index in [2.05, 4.69) is 13.0 Å². The Morgan fingerprint density at radius 1 is 1.21 bits per heavy atom. The zero-order valence-corrected chi connectivity index (χ0v) is 11.6. The van der Waals surface area contributed by atoms with Gasteiger partial charge in [0.05, 0.1) is 5.56 Å². The van der Waals surface area contributed by atoms with Crippen LogP contribution < -0.4 is 0 Å². The number of carbonyl (C=O) groups is 1. The number of hydrogen-bond acceptors (Lipinski definition) is 1. The molecule has 1 unspecified atom stereocenters. The van der Waals surface area contributed by atoms with Crippen LogP contribution in [-0.2, 0) is 6.42 Å². The van der Waals surface area contributed by atoms with Gasteiger partial charge >= 0.3 is 5.97 Å². The molecule has 1 aliphatic rings. The van der Waals surface area contributed by atoms with Crippen LogP contribution >= 0.6 is 0 Å². The van der Waals surface area contributed by atoms with Crippen molar-refractivity contribution in [1.29, 1.82) is 0 Å². The van der Waals surface area contributed by atoms with Crippen molar-refractivity contribution in [1.82, 2.24) is 0 Å². The maximum absolute atomic E-state index is 10.8. The van der Waals surface area contributed by atoms with E-state index in [0.29, 0.717) is 11.5 Å². The van der Waals surface area contributed by atoms with Gasteiger partial charge in [-0.15, -0.1) is 0 Å². The minimum atomic E-state index is -0.853. The third-order valence-corrected chi connectivity index (χ3v) is 4.05. The van der Waals surface area contributed by atoms with Gasteiger partial charge in [-0.3, -0.25) is 0 Å². The Hall–Kier alpha value is -1.57. The van der Waals surface area contributed by atoms with E-state index in [9.17, 15) is 4.79 Å². The van der Waals surface area contributed by atoms with Gasteiger partial charge in [0.25, 0.3) is 0 Å². The molecule has 0 saturated carbocycles. The fraction of sp³-hybridized carbons (Fsp3) is 0.471. The Kier molecular flexibility index (Phi) is 4.78. The van der Waals surface area contributed by atoms with E-state index in [1.54, 1.807) is 12.1 Å². The van der Waals surface area contributed by atoms with Crippen molar-refractivity contribution in [3.63, 3.8) is 0 Å². The number of carboxylic acids is 1. The van der Waals surface area contributed by atoms with Crippen molar-refractivity contribution in [2.45, 2.75) is 45.4 Å². The quantitative estimate of drug-likeness (QED) is 0.813. The minimum absolute atomic E-state index is 0.369. The molecule has 102 valence electrons. The second kappa shape index (κ2) is 6.55. The molecule has 1 aromatic carbocycles. The van der Waals surface area contributed by atoms with Gasteiger partial charge in [-0.05, 0) is 56.2 Å². The number of hydrogen-bond donors (Lipinski definition) is 1. The minimum Gasteiger partial charge on any atom is -0.478 e. The molecule has 2 rings (SSSR count). The third kappa shape index (κ3) is 3.95. The van der Waals surface area contributed by atoms with Gasteiger partial charge < -0.3 is 5.11 Å². The lowest BCUT2D eigenvalue weighted by molar-refractivity contribution is 0.0697. The highest BCUT2D eigenvalue weighted by atomic mass is 16.4. The standard InChI is InChI=1S/C17H22O2/c1-13-6-4-2-3-5-7-16(13)12-14-8-10-15(11-9-14)17(18)19/h6,8-11,16H,2-5,7,12H2,1H3,(H,18,19)/b13-6-. The molecule has 1 aromatic rings. The lowest BCUT2D eigenvalue weighted by Gasteiger charge is -2.20. The van der Waals surface area contributed by atoms with Crippen LogP contribution in [0.4, 0.5) is 0 Å². The fourth-order valence-corrected chi connectivity index (χ4v) is 2.77. The smallest absolute Gasteiger partial charge is 0.335 e. The van der Waals surface area contributed by atoms with Crippen molar-refractivity contribution in [3.8, 4) is 0 Å². The number of aromatic carboxylic acids is 1. The molecular weight excluding hydrogens is 236 g/mol. The van der Waals surface area contributed by atoms with Crippen molar-refractivity contribution in [2.75, 3.05) is 0 Å². The Bertz CT molecular complexity index is 457. The lowest BCUT2D eigenvalue weighted by atomic mass is 9.85. The maximum Gasteiger partial charge on any atom is 0.335 e. The van der Waals surface area contributed by atoms with Gasteiger partial charge in [-0.2, -0.15) is 0 Å². The summed E-state index contributed by atoms with van der Waals surface area (Å²) in [4.78, 5) is 10.8. The summed E-state index contributed by atoms with van der Waals surface area (Å²) < 4.78 is 0. The molecule has 0 radical (unpaired) electrons. The van der Waals surface area contributed by atoms with Crippen LogP contribution in [0.5, 0.6) is 0 Å². The SMILES string of the molecule is C/C1=C/CCCCCC1Cc1ccc(C(=O)O)cc1. The van der Waals surface area contributed by atoms with Crippen molar-refractivity contribution >= 4 is 5.97 Å². The molecule has 0 heterocycles. The average molecular weight is 258 g/mol. The molecule has 0 aliphatic heterocycles. The number of rotatable bonds is 3. The fourth-order valence-electron chi connectivity index (χ4n) is 2.77. The zero-order valence-electron chi connectivity index (χ0n) is 11.6. The van der Waals surface area contributed by atoms with Gasteiger partial charge in [-0.1, -0.05) is 36.6 Å². The van der Waals surface area contributed by atoms with Gasteiger partial charge in [0.15, 0.2) is 0 Å². The number of allylic oxidation sites excluding steroid dienone is 2. The predicted octanol–water partition coefficient (Wildman–Crippen LogP) is 4.45. The summed E-state index contributed by atoms with van der Waals surface area (Å²) in [6, 6.07) is 7.32. The van der Waals surface area contributed by atoms with Gasteiger partial charge in [0.2, 0.25) is 0 Å². The predicted molar refractivity (Wildman–Crippen MR) is 77.4 cm³/mol. The van der Waals surface area contributed by atoms with Crippen molar-refractivity contribution in [2.24, 2.45) is 5.92 Å². The molecule has 0 bridgehead atoms. The summed E-state index contributed by atoms with van der Waals surface area (Å²) in [7, 11) is 0. The topological polar surface area (TPSA) is 37.3 Å². The second-order valence-electron chi connectivity index (χ2n) is 5.49. The first kappa shape index (κ1) is 13.9. The molecule has 0 fully saturated rings. The monoisotopic (exact) mass is 258 g/mol. The second-order valence-corrected chi connectivity index (χ2v) is 5.49. The van der Waals surface area contributed by atoms with Crippen LogP contribution in [0, 0.1) is 5.92 Å². The highest BCUT2D eigenvalue weighted by Gasteiger charge is 2.13. The van der Waals surface area contributed by atoms with Gasteiger partial charge in [0, 0.05) is 0 Å². The van der Waals surface area contributed by atoms with Crippen molar-refractivity contribution in [3.05, 3.63) is 47.0 Å². The third-order valence-electron chi connectivity index (χ3n) is 4.05. The Labute approximate surface area is 115 Å². The first-order valence-electron chi connectivity index (χ1n) is 7.15. The molecule has 1 atom stereocenters. The van der Waals surface area contributed by atoms with Crippen LogP contribution in [0.2, 0.25) is 0 Å². The summed E-state index contributed by atoms with van der Waals surface area (Å²) in [5.74, 6) is -0.232. The van der Waals surface area contributed by atoms with Crippen LogP contribution in [0.1, 0.15) is 54.9 Å². The van der Waals surface area contributed by atoms with E-state index in [1.807, 2.05) is 12.1 Å². The van der Waals surface area contributed by atoms with E-state index in [-0.39, 0.29) is 0 Å². The number of carboxylic acid groups (broad SMARTS) is 1. The number of benzene rings is 1. The summed E-state index contributed by atoms with van der Waals surface area (Å²) in [6.07, 6.45) is 9.83. The molecule has 0 aromatic heterocycles. The van der Waals surface area contributed by atoms with E-state index < -0.39 is 5.97 Å². The molecule has 0 saturated heterocycles. The molecule has 2 heteroatoms. The highest BCUT2D eigenvalue weighted by Crippen LogP contribution is 2.26. The van der Waals surface area contributed by atoms with E-state index in [4.69, 9.17) is 5.11 Å². The molecular formula is C17H22O2. The first-order valence-corrected chi connectivity index (χ1v) is 7.15. The van der Waals surface area contributed by atoms with E-state index in [0.717, 1.165) is 6.42 Å². The van der Waals surface area contributed by atoms with Crippen LogP contribution in [0.15, 0.2) is 35.9 Å². The zero-order chi connectivity index (χ0) is 13.7. The molecule has 0 spiro atoms. The summed E-state index contributed by atoms with van der Waals surface area (Å²) in [5, 5.41) is 8.90. The lowest BCUT2D eigenvalue weighted by Crippen LogP contribution is -2.08. The van der Waals surface area contributed by atoms with Crippen LogP contribution in [-0.4, -0.2) is 11.1 Å². The molecule has 19 heavy (non-hydrogen) atoms. The van der Waals surface area contributed by atoms with E-state index >= 15 is 0 Å². The molecule has 2 nitrogen and oxygen atoms in total. The van der Waals surface area contributed by atoms with E-state index in [1.165, 1.54) is 43.2 Å². The first-order chi connectivity index (χ1) is 9.16. The molecule has 1 aliphatic carbocycles. The van der Waals surface area contributed by atoms with Crippen LogP contribution in [0.25, 0.3) is 0 Å². The maximum atomic E-state index is 10.8. The van der Waals surface area contributed by atoms with Gasteiger partial charge in [-0.25, -0.2) is 4.79 Å². The summed E-state index contributed by atoms with van der Waals surface area (Å²) >= 11 is 0. The average Bonchev–Trinajstić information content (AvgIpc) is 2.39. The summed E-state index contributed by atoms with van der Waals surface area (Å²) in [5.41, 5.74) is 3.11.